The number of hydrogen-bond donors (Lipinski definition) is 1. The monoisotopic (exact) mass is 390 g/mol. The van der Waals surface area contributed by atoms with Crippen molar-refractivity contribution in [3.8, 4) is 0 Å². The first-order chi connectivity index (χ1) is 12.6. The summed E-state index contributed by atoms with van der Waals surface area (Å²) in [4.78, 5) is 2.27. The minimum Gasteiger partial charge on any atom is -0.491 e. The smallest absolute Gasteiger partial charge is 0.147 e. The maximum absolute atomic E-state index is 6.27. The summed E-state index contributed by atoms with van der Waals surface area (Å²) in [6.07, 6.45) is 2.07. The van der Waals surface area contributed by atoms with Gasteiger partial charge in [-0.15, -0.1) is 0 Å². The second-order valence-corrected chi connectivity index (χ2v) is 7.26. The Morgan fingerprint density at radius 2 is 1.85 bits per heavy atom. The van der Waals surface area contributed by atoms with Crippen molar-refractivity contribution in [2.45, 2.75) is 32.9 Å². The third-order valence-corrected chi connectivity index (χ3v) is 5.27. The van der Waals surface area contributed by atoms with Crippen molar-refractivity contribution >= 4 is 29.0 Å². The molecule has 26 heavy (non-hydrogen) atoms. The molecule has 0 unspecified atom stereocenters. The van der Waals surface area contributed by atoms with E-state index in [-0.39, 0.29) is 0 Å². The minimum absolute atomic E-state index is 0.411. The van der Waals surface area contributed by atoms with Crippen molar-refractivity contribution in [1.29, 1.82) is 0 Å². The van der Waals surface area contributed by atoms with Crippen LogP contribution in [0.5, 0.6) is 0 Å². The fraction of sp³-hybridized carbons (Fsp3) is 0.333. The lowest BCUT2D eigenvalue weighted by atomic mass is 9.98. The van der Waals surface area contributed by atoms with Crippen LogP contribution in [0.1, 0.15) is 36.5 Å². The van der Waals surface area contributed by atoms with Crippen LogP contribution in [-0.2, 0) is 17.8 Å². The number of nitrogens with two attached hydrogens (primary N) is 1. The van der Waals surface area contributed by atoms with Gasteiger partial charge >= 0.3 is 0 Å². The van der Waals surface area contributed by atoms with E-state index in [1.165, 1.54) is 5.56 Å². The van der Waals surface area contributed by atoms with Gasteiger partial charge in [-0.3, -0.25) is 0 Å². The van der Waals surface area contributed by atoms with E-state index in [2.05, 4.69) is 24.0 Å². The van der Waals surface area contributed by atoms with E-state index >= 15 is 0 Å². The molecule has 138 valence electrons. The Morgan fingerprint density at radius 3 is 2.54 bits per heavy atom. The highest BCUT2D eigenvalue weighted by Gasteiger charge is 2.26. The predicted molar refractivity (Wildman–Crippen MR) is 109 cm³/mol. The Kier molecular flexibility index (Phi) is 6.47. The van der Waals surface area contributed by atoms with Crippen molar-refractivity contribution in [2.24, 2.45) is 5.73 Å². The summed E-state index contributed by atoms with van der Waals surface area (Å²) in [6, 6.07) is 14.2. The van der Waals surface area contributed by atoms with Crippen molar-refractivity contribution < 1.29 is 4.74 Å². The van der Waals surface area contributed by atoms with Crippen LogP contribution in [0.15, 0.2) is 48.2 Å². The third kappa shape index (κ3) is 4.17. The number of fused-ring (bicyclic) bond motifs is 1. The second-order valence-electron chi connectivity index (χ2n) is 6.45. The molecule has 0 saturated heterocycles. The SMILES string of the molecule is CCCCOC1=C(CN)N(Cc2ccccc2)Cc2cc(Cl)c(Cl)cc21. The van der Waals surface area contributed by atoms with Gasteiger partial charge in [-0.1, -0.05) is 66.9 Å². The number of unbranched alkanes of at least 4 members (excludes halogenated alkanes) is 1. The maximum atomic E-state index is 6.27. The highest BCUT2D eigenvalue weighted by Crippen LogP contribution is 2.37. The first-order valence-corrected chi connectivity index (χ1v) is 9.72. The topological polar surface area (TPSA) is 38.5 Å². The van der Waals surface area contributed by atoms with E-state index in [0.29, 0.717) is 23.2 Å². The zero-order valence-electron chi connectivity index (χ0n) is 15.0. The highest BCUT2D eigenvalue weighted by atomic mass is 35.5. The standard InChI is InChI=1S/C21H24Cl2N2O/c1-2-3-9-26-21-17-11-19(23)18(22)10-16(17)14-25(20(21)12-24)13-15-7-5-4-6-8-15/h4-8,10-11H,2-3,9,12-14,24H2,1H3. The molecule has 0 aliphatic carbocycles. The van der Waals surface area contributed by atoms with E-state index in [4.69, 9.17) is 33.7 Å². The molecule has 3 nitrogen and oxygen atoms in total. The molecule has 0 fully saturated rings. The lowest BCUT2D eigenvalue weighted by Gasteiger charge is -2.35. The Hall–Kier alpha value is -1.68. The summed E-state index contributed by atoms with van der Waals surface area (Å²) in [5, 5.41) is 1.10. The van der Waals surface area contributed by atoms with E-state index in [1.54, 1.807) is 0 Å². The summed E-state index contributed by atoms with van der Waals surface area (Å²) in [6.45, 7) is 4.72. The number of rotatable bonds is 7. The molecule has 2 aromatic carbocycles. The quantitative estimate of drug-likeness (QED) is 0.638. The van der Waals surface area contributed by atoms with Crippen LogP contribution in [0.4, 0.5) is 0 Å². The van der Waals surface area contributed by atoms with Crippen molar-refractivity contribution in [1.82, 2.24) is 4.90 Å². The molecular weight excluding hydrogens is 367 g/mol. The fourth-order valence-electron chi connectivity index (χ4n) is 3.19. The second kappa shape index (κ2) is 8.81. The van der Waals surface area contributed by atoms with Crippen LogP contribution in [0.3, 0.4) is 0 Å². The van der Waals surface area contributed by atoms with Crippen molar-refractivity contribution in [2.75, 3.05) is 13.2 Å². The van der Waals surface area contributed by atoms with E-state index < -0.39 is 0 Å². The fourth-order valence-corrected chi connectivity index (χ4v) is 3.54. The van der Waals surface area contributed by atoms with Gasteiger partial charge in [-0.05, 0) is 29.7 Å². The first kappa shape index (κ1) is 19.1. The lowest BCUT2D eigenvalue weighted by molar-refractivity contribution is 0.238. The van der Waals surface area contributed by atoms with Gasteiger partial charge in [0, 0.05) is 25.2 Å². The third-order valence-electron chi connectivity index (χ3n) is 4.55. The Morgan fingerprint density at radius 1 is 1.12 bits per heavy atom. The van der Waals surface area contributed by atoms with Crippen molar-refractivity contribution in [3.63, 3.8) is 0 Å². The summed E-state index contributed by atoms with van der Waals surface area (Å²) >= 11 is 12.5. The summed E-state index contributed by atoms with van der Waals surface area (Å²) in [5.74, 6) is 0.830. The number of halogens is 2. The zero-order valence-corrected chi connectivity index (χ0v) is 16.5. The van der Waals surface area contributed by atoms with Gasteiger partial charge in [-0.2, -0.15) is 0 Å². The Labute approximate surface area is 165 Å². The normalized spacial score (nSPS) is 13.8. The summed E-state index contributed by atoms with van der Waals surface area (Å²) in [7, 11) is 0. The zero-order chi connectivity index (χ0) is 18.5. The number of hydrogen-bond acceptors (Lipinski definition) is 3. The van der Waals surface area contributed by atoms with Crippen LogP contribution in [0.25, 0.3) is 5.76 Å². The molecule has 0 radical (unpaired) electrons. The van der Waals surface area contributed by atoms with Gasteiger partial charge in [0.05, 0.1) is 22.3 Å². The molecule has 2 N–H and O–H groups in total. The molecular formula is C21H24Cl2N2O. The molecule has 0 atom stereocenters. The molecule has 1 aliphatic heterocycles. The van der Waals surface area contributed by atoms with Gasteiger partial charge in [0.15, 0.2) is 0 Å². The van der Waals surface area contributed by atoms with Gasteiger partial charge in [0.1, 0.15) is 5.76 Å². The van der Waals surface area contributed by atoms with Crippen molar-refractivity contribution in [3.05, 3.63) is 74.9 Å². The average molecular weight is 391 g/mol. The highest BCUT2D eigenvalue weighted by molar-refractivity contribution is 6.42. The maximum Gasteiger partial charge on any atom is 0.147 e. The molecule has 0 aromatic heterocycles. The molecule has 1 aliphatic rings. The number of ether oxygens (including phenoxy) is 1. The van der Waals surface area contributed by atoms with Crippen LogP contribution >= 0.6 is 23.2 Å². The average Bonchev–Trinajstić information content (AvgIpc) is 2.64. The molecule has 1 heterocycles. The van der Waals surface area contributed by atoms with Gasteiger partial charge in [0.2, 0.25) is 0 Å². The van der Waals surface area contributed by atoms with Crippen LogP contribution in [0, 0.1) is 0 Å². The van der Waals surface area contributed by atoms with Crippen LogP contribution < -0.4 is 5.73 Å². The van der Waals surface area contributed by atoms with Crippen LogP contribution in [0.2, 0.25) is 10.0 Å². The molecule has 5 heteroatoms. The Balaban J connectivity index is 2.00. The van der Waals surface area contributed by atoms with Gasteiger partial charge < -0.3 is 15.4 Å². The molecule has 2 aromatic rings. The van der Waals surface area contributed by atoms with E-state index in [9.17, 15) is 0 Å². The lowest BCUT2D eigenvalue weighted by Crippen LogP contribution is -2.32. The van der Waals surface area contributed by atoms with E-state index in [1.807, 2.05) is 30.3 Å². The number of nitrogens with zero attached hydrogens (tertiary/aromatic N) is 1. The summed E-state index contributed by atoms with van der Waals surface area (Å²) < 4.78 is 6.17. The van der Waals surface area contributed by atoms with Gasteiger partial charge in [-0.25, -0.2) is 0 Å². The molecule has 0 amide bonds. The van der Waals surface area contributed by atoms with Gasteiger partial charge in [0.25, 0.3) is 0 Å². The largest absolute Gasteiger partial charge is 0.491 e. The predicted octanol–water partition coefficient (Wildman–Crippen LogP) is 5.45. The molecule has 0 bridgehead atoms. The molecule has 0 spiro atoms. The molecule has 0 saturated carbocycles. The van der Waals surface area contributed by atoms with Crippen LogP contribution in [-0.4, -0.2) is 18.1 Å². The molecule has 3 rings (SSSR count). The Bertz CT molecular complexity index is 790. The summed E-state index contributed by atoms with van der Waals surface area (Å²) in [5.41, 5.74) is 10.5. The van der Waals surface area contributed by atoms with E-state index in [0.717, 1.165) is 48.5 Å². The number of benzene rings is 2. The minimum atomic E-state index is 0.411. The first-order valence-electron chi connectivity index (χ1n) is 8.97.